The van der Waals surface area contributed by atoms with Crippen molar-refractivity contribution < 1.29 is 18.5 Å². The minimum Gasteiger partial charge on any atom is -0.493 e. The van der Waals surface area contributed by atoms with Crippen LogP contribution in [0.3, 0.4) is 0 Å². The largest absolute Gasteiger partial charge is 0.493 e. The fraction of sp³-hybridized carbons (Fsp3) is 0.381. The van der Waals surface area contributed by atoms with Crippen molar-refractivity contribution in [1.82, 2.24) is 5.32 Å². The summed E-state index contributed by atoms with van der Waals surface area (Å²) in [5, 5.41) is 2.86. The van der Waals surface area contributed by atoms with Gasteiger partial charge in [0.05, 0.1) is 25.0 Å². The summed E-state index contributed by atoms with van der Waals surface area (Å²) in [5.41, 5.74) is 1.06. The third kappa shape index (κ3) is 6.40. The highest BCUT2D eigenvalue weighted by atomic mass is 32.2. The molecule has 0 aliphatic heterocycles. The number of nitrogens with one attached hydrogen (secondary N) is 1. The van der Waals surface area contributed by atoms with Gasteiger partial charge < -0.3 is 14.8 Å². The van der Waals surface area contributed by atoms with Crippen molar-refractivity contribution in [1.29, 1.82) is 0 Å². The Bertz CT molecular complexity index is 764. The number of hydrogen-bond donors (Lipinski definition) is 1. The van der Waals surface area contributed by atoms with Crippen LogP contribution in [-0.4, -0.2) is 36.1 Å². The number of ether oxygens (including phenoxy) is 2. The summed E-state index contributed by atoms with van der Waals surface area (Å²) in [4.78, 5) is 12.9. The van der Waals surface area contributed by atoms with Crippen LogP contribution in [0.2, 0.25) is 0 Å². The Labute approximate surface area is 163 Å². The molecule has 5 nitrogen and oxygen atoms in total. The summed E-state index contributed by atoms with van der Waals surface area (Å²) >= 11 is 0. The molecule has 2 rings (SSSR count). The number of carbonyl (C=O) groups is 1. The first-order chi connectivity index (χ1) is 13.0. The SMILES string of the molecule is COc1ccc(CCNC(=O)CCC(C)S(=O)c2ccccc2)cc1OC. The quantitative estimate of drug-likeness (QED) is 0.677. The van der Waals surface area contributed by atoms with Gasteiger partial charge in [-0.25, -0.2) is 0 Å². The predicted octanol–water partition coefficient (Wildman–Crippen LogP) is 3.34. The minimum absolute atomic E-state index is 0.0209. The summed E-state index contributed by atoms with van der Waals surface area (Å²) in [5.74, 6) is 1.34. The zero-order valence-corrected chi connectivity index (χ0v) is 16.9. The molecule has 2 aromatic rings. The summed E-state index contributed by atoms with van der Waals surface area (Å²) in [6.07, 6.45) is 1.66. The van der Waals surface area contributed by atoms with Gasteiger partial charge in [-0.1, -0.05) is 31.2 Å². The van der Waals surface area contributed by atoms with Gasteiger partial charge in [-0.3, -0.25) is 9.00 Å². The van der Waals surface area contributed by atoms with Crippen LogP contribution in [0.15, 0.2) is 53.4 Å². The molecule has 2 unspecified atom stereocenters. The maximum atomic E-state index is 12.4. The Kier molecular flexibility index (Phi) is 8.33. The Morgan fingerprint density at radius 3 is 2.44 bits per heavy atom. The second kappa shape index (κ2) is 10.7. The molecule has 27 heavy (non-hydrogen) atoms. The van der Waals surface area contributed by atoms with Gasteiger partial charge in [-0.2, -0.15) is 0 Å². The Morgan fingerprint density at radius 1 is 1.07 bits per heavy atom. The maximum Gasteiger partial charge on any atom is 0.220 e. The van der Waals surface area contributed by atoms with Gasteiger partial charge in [0.15, 0.2) is 11.5 Å². The molecule has 0 saturated carbocycles. The third-order valence-electron chi connectivity index (χ3n) is 4.30. The van der Waals surface area contributed by atoms with E-state index in [1.807, 2.05) is 55.5 Å². The smallest absolute Gasteiger partial charge is 0.220 e. The number of amides is 1. The van der Waals surface area contributed by atoms with Crippen molar-refractivity contribution >= 4 is 16.7 Å². The van der Waals surface area contributed by atoms with Gasteiger partial charge in [0.1, 0.15) is 0 Å². The van der Waals surface area contributed by atoms with Crippen molar-refractivity contribution in [3.63, 3.8) is 0 Å². The number of rotatable bonds is 10. The third-order valence-corrected chi connectivity index (χ3v) is 6.01. The van der Waals surface area contributed by atoms with E-state index in [0.717, 1.165) is 10.5 Å². The second-order valence-electron chi connectivity index (χ2n) is 6.25. The highest BCUT2D eigenvalue weighted by Crippen LogP contribution is 2.27. The van der Waals surface area contributed by atoms with Gasteiger partial charge in [0.25, 0.3) is 0 Å². The lowest BCUT2D eigenvalue weighted by Gasteiger charge is -2.12. The molecule has 0 bridgehead atoms. The zero-order chi connectivity index (χ0) is 19.6. The van der Waals surface area contributed by atoms with Crippen LogP contribution < -0.4 is 14.8 Å². The van der Waals surface area contributed by atoms with Crippen LogP contribution >= 0.6 is 0 Å². The second-order valence-corrected chi connectivity index (χ2v) is 8.12. The lowest BCUT2D eigenvalue weighted by molar-refractivity contribution is -0.121. The molecular weight excluding hydrogens is 362 g/mol. The highest BCUT2D eigenvalue weighted by Gasteiger charge is 2.14. The van der Waals surface area contributed by atoms with E-state index in [2.05, 4.69) is 5.32 Å². The van der Waals surface area contributed by atoms with E-state index in [0.29, 0.717) is 37.3 Å². The van der Waals surface area contributed by atoms with E-state index in [9.17, 15) is 9.00 Å². The average molecular weight is 390 g/mol. The van der Waals surface area contributed by atoms with Crippen LogP contribution in [0.4, 0.5) is 0 Å². The molecule has 6 heteroatoms. The molecule has 0 spiro atoms. The number of hydrogen-bond acceptors (Lipinski definition) is 4. The standard InChI is InChI=1S/C21H27NO4S/c1-16(27(24)18-7-5-4-6-8-18)9-12-21(23)22-14-13-17-10-11-19(25-2)20(15-17)26-3/h4-8,10-11,15-16H,9,12-14H2,1-3H3,(H,22,23). The van der Waals surface area contributed by atoms with Crippen molar-refractivity contribution in [2.45, 2.75) is 36.3 Å². The van der Waals surface area contributed by atoms with Crippen LogP contribution in [0, 0.1) is 0 Å². The van der Waals surface area contributed by atoms with Crippen LogP contribution in [0.1, 0.15) is 25.3 Å². The fourth-order valence-corrected chi connectivity index (χ4v) is 3.92. The van der Waals surface area contributed by atoms with E-state index in [1.165, 1.54) is 0 Å². The van der Waals surface area contributed by atoms with Crippen molar-refractivity contribution in [2.24, 2.45) is 0 Å². The molecule has 1 N–H and O–H groups in total. The first-order valence-electron chi connectivity index (χ1n) is 8.98. The van der Waals surface area contributed by atoms with Crippen LogP contribution in [0.5, 0.6) is 11.5 Å². The molecule has 1 amide bonds. The summed E-state index contributed by atoms with van der Waals surface area (Å²) in [7, 11) is 2.11. The molecule has 0 fully saturated rings. The van der Waals surface area contributed by atoms with Gasteiger partial charge in [-0.15, -0.1) is 0 Å². The van der Waals surface area contributed by atoms with Crippen molar-refractivity contribution in [3.8, 4) is 11.5 Å². The molecule has 2 aromatic carbocycles. The molecule has 0 radical (unpaired) electrons. The van der Waals surface area contributed by atoms with Crippen LogP contribution in [0.25, 0.3) is 0 Å². The van der Waals surface area contributed by atoms with Gasteiger partial charge >= 0.3 is 0 Å². The van der Waals surface area contributed by atoms with E-state index < -0.39 is 10.8 Å². The molecule has 2 atom stereocenters. The molecule has 0 aromatic heterocycles. The van der Waals surface area contributed by atoms with E-state index in [4.69, 9.17) is 9.47 Å². The van der Waals surface area contributed by atoms with E-state index in [1.54, 1.807) is 14.2 Å². The lowest BCUT2D eigenvalue weighted by Crippen LogP contribution is -2.26. The molecule has 0 aliphatic rings. The zero-order valence-electron chi connectivity index (χ0n) is 16.1. The molecule has 0 saturated heterocycles. The maximum absolute atomic E-state index is 12.4. The Hall–Kier alpha value is -2.34. The number of methoxy groups -OCH3 is 2. The normalized spacial score (nSPS) is 12.9. The van der Waals surface area contributed by atoms with Gasteiger partial charge in [0, 0.05) is 23.1 Å². The number of carbonyl (C=O) groups excluding carboxylic acids is 1. The van der Waals surface area contributed by atoms with E-state index in [-0.39, 0.29) is 11.2 Å². The molecular formula is C21H27NO4S. The summed E-state index contributed by atoms with van der Waals surface area (Å²) in [6.45, 7) is 2.46. The van der Waals surface area contributed by atoms with Crippen molar-refractivity contribution in [2.75, 3.05) is 20.8 Å². The fourth-order valence-electron chi connectivity index (χ4n) is 2.70. The molecule has 0 aliphatic carbocycles. The Morgan fingerprint density at radius 2 is 1.78 bits per heavy atom. The highest BCUT2D eigenvalue weighted by molar-refractivity contribution is 7.85. The summed E-state index contributed by atoms with van der Waals surface area (Å²) < 4.78 is 22.9. The average Bonchev–Trinajstić information content (AvgIpc) is 2.71. The van der Waals surface area contributed by atoms with Gasteiger partial charge in [-0.05, 0) is 42.7 Å². The van der Waals surface area contributed by atoms with Gasteiger partial charge in [0.2, 0.25) is 5.91 Å². The van der Waals surface area contributed by atoms with Crippen molar-refractivity contribution in [3.05, 3.63) is 54.1 Å². The van der Waals surface area contributed by atoms with E-state index >= 15 is 0 Å². The summed E-state index contributed by atoms with van der Waals surface area (Å²) in [6, 6.07) is 15.1. The minimum atomic E-state index is -1.09. The first kappa shape index (κ1) is 21.0. The monoisotopic (exact) mass is 389 g/mol. The van der Waals surface area contributed by atoms with Crippen LogP contribution in [-0.2, 0) is 22.0 Å². The Balaban J connectivity index is 1.74. The number of benzene rings is 2. The topological polar surface area (TPSA) is 64.6 Å². The predicted molar refractivity (Wildman–Crippen MR) is 108 cm³/mol. The molecule has 0 heterocycles. The molecule has 146 valence electrons. The first-order valence-corrected chi connectivity index (χ1v) is 10.2. The lowest BCUT2D eigenvalue weighted by atomic mass is 10.1.